The summed E-state index contributed by atoms with van der Waals surface area (Å²) in [5.41, 5.74) is 0. The van der Waals surface area contributed by atoms with Gasteiger partial charge in [0.15, 0.2) is 0 Å². The van der Waals surface area contributed by atoms with Gasteiger partial charge in [-0.25, -0.2) is 0 Å². The van der Waals surface area contributed by atoms with E-state index in [0.29, 0.717) is 0 Å². The zero-order valence-electron chi connectivity index (χ0n) is 18.5. The van der Waals surface area contributed by atoms with Gasteiger partial charge in [0, 0.05) is 0 Å². The third kappa shape index (κ3) is 12.4. The summed E-state index contributed by atoms with van der Waals surface area (Å²) in [6.07, 6.45) is 17.0. The van der Waals surface area contributed by atoms with Crippen molar-refractivity contribution in [1.82, 2.24) is 0 Å². The quantitative estimate of drug-likeness (QED) is 0.129. The Balaban J connectivity index is 2.33. The van der Waals surface area contributed by atoms with E-state index >= 15 is 0 Å². The number of rotatable bonds is 16. The van der Waals surface area contributed by atoms with Crippen LogP contribution in [0.1, 0.15) is 85.0 Å². The van der Waals surface area contributed by atoms with Crippen molar-refractivity contribution in [3.8, 4) is 0 Å². The minimum atomic E-state index is -2.01. The van der Waals surface area contributed by atoms with Crippen molar-refractivity contribution in [3.05, 3.63) is 12.3 Å². The Morgan fingerprint density at radius 3 is 1.93 bits per heavy atom. The van der Waals surface area contributed by atoms with E-state index in [1.165, 1.54) is 43.0 Å². The van der Waals surface area contributed by atoms with E-state index in [-0.39, 0.29) is 6.29 Å². The van der Waals surface area contributed by atoms with Crippen LogP contribution in [0.2, 0.25) is 17.7 Å². The predicted octanol–water partition coefficient (Wildman–Crippen LogP) is 7.30. The van der Waals surface area contributed by atoms with Crippen LogP contribution in [-0.4, -0.2) is 44.5 Å². The Morgan fingerprint density at radius 1 is 0.852 bits per heavy atom. The molecule has 0 amide bonds. The van der Waals surface area contributed by atoms with Crippen LogP contribution in [0.15, 0.2) is 12.3 Å². The molecule has 0 aliphatic carbocycles. The number of unbranched alkanes of at least 4 members (excludes halogenated alkanes) is 3. The summed E-state index contributed by atoms with van der Waals surface area (Å²) in [5, 5.41) is 0. The molecule has 0 unspecified atom stereocenters. The molecule has 1 heterocycles. The Kier molecular flexibility index (Phi) is 16.1. The van der Waals surface area contributed by atoms with Gasteiger partial charge in [0.05, 0.1) is 0 Å². The molecule has 4 heteroatoms. The van der Waals surface area contributed by atoms with Gasteiger partial charge >= 0.3 is 174 Å². The van der Waals surface area contributed by atoms with Gasteiger partial charge in [0.2, 0.25) is 0 Å². The first-order valence-electron chi connectivity index (χ1n) is 11.8. The van der Waals surface area contributed by atoms with Gasteiger partial charge in [-0.2, -0.15) is 0 Å². The Hall–Kier alpha value is 0.259. The second-order valence-electron chi connectivity index (χ2n) is 8.28. The van der Waals surface area contributed by atoms with Crippen molar-refractivity contribution in [2.75, 3.05) is 19.8 Å². The van der Waals surface area contributed by atoms with Gasteiger partial charge in [-0.05, 0) is 0 Å². The van der Waals surface area contributed by atoms with Gasteiger partial charge in [-0.3, -0.25) is 0 Å². The molecule has 1 aliphatic heterocycles. The third-order valence-corrected chi connectivity index (χ3v) is 21.0. The fraction of sp³-hybridized carbons (Fsp3) is 0.913. The molecule has 0 N–H and O–H groups in total. The van der Waals surface area contributed by atoms with E-state index in [1.807, 2.05) is 6.26 Å². The van der Waals surface area contributed by atoms with E-state index in [1.54, 1.807) is 13.3 Å². The summed E-state index contributed by atoms with van der Waals surface area (Å²) in [5.74, 6) is 0. The topological polar surface area (TPSA) is 27.7 Å². The van der Waals surface area contributed by atoms with Crippen LogP contribution < -0.4 is 0 Å². The zero-order chi connectivity index (χ0) is 19.6. The summed E-state index contributed by atoms with van der Waals surface area (Å²) >= 11 is -2.01. The van der Waals surface area contributed by atoms with Crippen molar-refractivity contribution in [3.63, 3.8) is 0 Å². The van der Waals surface area contributed by atoms with Gasteiger partial charge in [-0.1, -0.05) is 0 Å². The van der Waals surface area contributed by atoms with Gasteiger partial charge in [0.25, 0.3) is 0 Å². The van der Waals surface area contributed by atoms with Crippen molar-refractivity contribution in [1.29, 1.82) is 0 Å². The standard InChI is InChI=1S/C11H19O3.3C4H9.Sn/c1-2-7-12-8-5-6-11-13-9-3-4-10-14-11;3*1-3-4-2;/h2,7,11H,1,3-6,8-10H2;3*1,3-4H2,2H3;/b7-2+;;;;. The molecular weight excluding hydrogens is 443 g/mol. The molecule has 1 saturated heterocycles. The van der Waals surface area contributed by atoms with Crippen LogP contribution in [0.5, 0.6) is 0 Å². The maximum absolute atomic E-state index is 5.81. The van der Waals surface area contributed by atoms with Crippen molar-refractivity contribution < 1.29 is 14.2 Å². The summed E-state index contributed by atoms with van der Waals surface area (Å²) < 4.78 is 23.3. The molecule has 1 rings (SSSR count). The van der Waals surface area contributed by atoms with Crippen LogP contribution in [0.25, 0.3) is 0 Å². The number of hydrogen-bond donors (Lipinski definition) is 0. The molecule has 160 valence electrons. The van der Waals surface area contributed by atoms with Crippen LogP contribution >= 0.6 is 0 Å². The molecule has 0 aromatic rings. The van der Waals surface area contributed by atoms with E-state index in [9.17, 15) is 0 Å². The molecule has 0 radical (unpaired) electrons. The van der Waals surface area contributed by atoms with Crippen LogP contribution in [-0.2, 0) is 14.2 Å². The second kappa shape index (κ2) is 17.1. The van der Waals surface area contributed by atoms with Gasteiger partial charge < -0.3 is 0 Å². The molecule has 0 aromatic heterocycles. The van der Waals surface area contributed by atoms with Gasteiger partial charge in [0.1, 0.15) is 0 Å². The van der Waals surface area contributed by atoms with Crippen molar-refractivity contribution in [2.24, 2.45) is 0 Å². The fourth-order valence-corrected chi connectivity index (χ4v) is 19.0. The predicted molar refractivity (Wildman–Crippen MR) is 119 cm³/mol. The monoisotopic (exact) mass is 490 g/mol. The van der Waals surface area contributed by atoms with Crippen LogP contribution in [0.4, 0.5) is 0 Å². The first kappa shape index (κ1) is 25.3. The van der Waals surface area contributed by atoms with E-state index in [4.69, 9.17) is 14.2 Å². The molecule has 3 nitrogen and oxygen atoms in total. The van der Waals surface area contributed by atoms with Crippen LogP contribution in [0.3, 0.4) is 0 Å². The fourth-order valence-electron chi connectivity index (χ4n) is 3.95. The Bertz CT molecular complexity index is 330. The summed E-state index contributed by atoms with van der Waals surface area (Å²) in [4.78, 5) is 0. The number of allylic oxidation sites excluding steroid dienone is 1. The second-order valence-corrected chi connectivity index (χ2v) is 22.3. The molecule has 0 spiro atoms. The normalized spacial score (nSPS) is 16.7. The maximum atomic E-state index is 5.81. The van der Waals surface area contributed by atoms with Crippen LogP contribution in [0, 0.1) is 0 Å². The molecule has 0 atom stereocenters. The van der Waals surface area contributed by atoms with E-state index in [2.05, 4.69) is 26.8 Å². The summed E-state index contributed by atoms with van der Waals surface area (Å²) in [6.45, 7) is 9.49. The third-order valence-electron chi connectivity index (χ3n) is 5.77. The summed E-state index contributed by atoms with van der Waals surface area (Å²) in [7, 11) is 0. The average Bonchev–Trinajstić information content (AvgIpc) is 2.97. The number of hydrogen-bond acceptors (Lipinski definition) is 3. The first-order chi connectivity index (χ1) is 13.3. The molecular formula is C23H46O3Sn. The van der Waals surface area contributed by atoms with Crippen molar-refractivity contribution >= 4 is 18.4 Å². The SMILES string of the molecule is CCC[CH2][Sn]([CH2]/C=C/OCCCC1OCCCCO1)([CH2]CCC)[CH2]CCC. The molecule has 0 saturated carbocycles. The van der Waals surface area contributed by atoms with Crippen molar-refractivity contribution in [2.45, 2.75) is 109 Å². The average molecular weight is 489 g/mol. The van der Waals surface area contributed by atoms with E-state index in [0.717, 1.165) is 45.5 Å². The van der Waals surface area contributed by atoms with E-state index < -0.39 is 18.4 Å². The Labute approximate surface area is 173 Å². The molecule has 1 fully saturated rings. The minimum absolute atomic E-state index is 0.0129. The van der Waals surface area contributed by atoms with Gasteiger partial charge in [-0.15, -0.1) is 0 Å². The molecule has 0 aromatic carbocycles. The molecule has 0 bridgehead atoms. The zero-order valence-corrected chi connectivity index (χ0v) is 21.3. The molecule has 27 heavy (non-hydrogen) atoms. The number of ether oxygens (including phenoxy) is 3. The summed E-state index contributed by atoms with van der Waals surface area (Å²) in [6, 6.07) is 0. The first-order valence-corrected chi connectivity index (χ1v) is 19.8. The molecule has 1 aliphatic rings. The Morgan fingerprint density at radius 2 is 1.41 bits per heavy atom.